The molecule has 0 saturated carbocycles. The Morgan fingerprint density at radius 2 is 1.78 bits per heavy atom. The molecule has 1 spiro atoms. The lowest BCUT2D eigenvalue weighted by Gasteiger charge is -2.36. The molecule has 0 radical (unpaired) electrons. The summed E-state index contributed by atoms with van der Waals surface area (Å²) in [7, 11) is 0. The third-order valence-corrected chi connectivity index (χ3v) is 5.17. The number of carbonyl (C=O) groups excluding carboxylic acids is 3. The monoisotopic (exact) mass is 323 g/mol. The summed E-state index contributed by atoms with van der Waals surface area (Å²) >= 11 is 0. The van der Waals surface area contributed by atoms with Crippen LogP contribution in [0, 0.1) is 0 Å². The highest BCUT2D eigenvalue weighted by molar-refractivity contribution is 6.09. The van der Waals surface area contributed by atoms with Crippen molar-refractivity contribution in [1.82, 2.24) is 25.3 Å². The first kappa shape index (κ1) is 16.2. The van der Waals surface area contributed by atoms with Gasteiger partial charge in [0.05, 0.1) is 0 Å². The molecule has 3 heterocycles. The van der Waals surface area contributed by atoms with E-state index in [1.807, 2.05) is 0 Å². The lowest BCUT2D eigenvalue weighted by molar-refractivity contribution is -0.140. The molecule has 3 aliphatic rings. The van der Waals surface area contributed by atoms with Crippen molar-refractivity contribution >= 4 is 17.8 Å². The van der Waals surface area contributed by atoms with E-state index >= 15 is 0 Å². The number of likely N-dealkylation sites (tertiary alicyclic amines) is 1. The summed E-state index contributed by atoms with van der Waals surface area (Å²) in [5, 5.41) is 6.03. The second-order valence-electron chi connectivity index (χ2n) is 6.47. The Kier molecular flexibility index (Phi) is 4.54. The summed E-state index contributed by atoms with van der Waals surface area (Å²) in [6, 6.07) is -0.427. The second-order valence-corrected chi connectivity index (χ2v) is 6.47. The molecular weight excluding hydrogens is 298 g/mol. The molecular formula is C15H25N5O3. The van der Waals surface area contributed by atoms with Gasteiger partial charge in [0.25, 0.3) is 5.91 Å². The second kappa shape index (κ2) is 6.45. The molecule has 128 valence electrons. The smallest absolute Gasteiger partial charge is 0.325 e. The number of carbonyl (C=O) groups is 3. The molecule has 0 aromatic rings. The Labute approximate surface area is 136 Å². The summed E-state index contributed by atoms with van der Waals surface area (Å²) in [6.07, 6.45) is 1.23. The lowest BCUT2D eigenvalue weighted by Crippen LogP contribution is -2.55. The largest absolute Gasteiger partial charge is 0.339 e. The van der Waals surface area contributed by atoms with Crippen LogP contribution in [0.3, 0.4) is 0 Å². The summed E-state index contributed by atoms with van der Waals surface area (Å²) < 4.78 is 0. The average molecular weight is 323 g/mol. The van der Waals surface area contributed by atoms with Crippen molar-refractivity contribution in [2.75, 3.05) is 52.4 Å². The van der Waals surface area contributed by atoms with E-state index in [2.05, 4.69) is 22.5 Å². The molecule has 3 aliphatic heterocycles. The summed E-state index contributed by atoms with van der Waals surface area (Å²) in [4.78, 5) is 42.4. The van der Waals surface area contributed by atoms with E-state index in [4.69, 9.17) is 0 Å². The summed E-state index contributed by atoms with van der Waals surface area (Å²) in [6.45, 7) is 7.23. The van der Waals surface area contributed by atoms with Crippen molar-refractivity contribution in [3.05, 3.63) is 0 Å². The first-order valence-electron chi connectivity index (χ1n) is 8.41. The molecule has 0 aliphatic carbocycles. The Hall–Kier alpha value is -1.67. The summed E-state index contributed by atoms with van der Waals surface area (Å²) in [5.41, 5.74) is -0.799. The molecule has 23 heavy (non-hydrogen) atoms. The molecule has 0 atom stereocenters. The molecule has 4 amide bonds. The Bertz CT molecular complexity index is 495. The van der Waals surface area contributed by atoms with Gasteiger partial charge in [-0.15, -0.1) is 0 Å². The van der Waals surface area contributed by atoms with Crippen molar-refractivity contribution in [3.63, 3.8) is 0 Å². The number of piperazine rings is 1. The van der Waals surface area contributed by atoms with Crippen molar-refractivity contribution in [1.29, 1.82) is 0 Å². The third kappa shape index (κ3) is 3.05. The first-order valence-corrected chi connectivity index (χ1v) is 8.41. The number of amides is 4. The first-order chi connectivity index (χ1) is 11.1. The van der Waals surface area contributed by atoms with E-state index in [-0.39, 0.29) is 18.4 Å². The molecule has 3 saturated heterocycles. The van der Waals surface area contributed by atoms with Crippen LogP contribution in [0.25, 0.3) is 0 Å². The van der Waals surface area contributed by atoms with E-state index < -0.39 is 11.6 Å². The van der Waals surface area contributed by atoms with Crippen LogP contribution in [-0.2, 0) is 9.59 Å². The normalized spacial score (nSPS) is 25.1. The highest BCUT2D eigenvalue weighted by Crippen LogP contribution is 2.29. The molecule has 0 aromatic heterocycles. The van der Waals surface area contributed by atoms with Gasteiger partial charge >= 0.3 is 6.03 Å². The van der Waals surface area contributed by atoms with E-state index in [9.17, 15) is 14.4 Å². The number of imide groups is 1. The van der Waals surface area contributed by atoms with Crippen LogP contribution in [0.4, 0.5) is 4.79 Å². The van der Waals surface area contributed by atoms with E-state index in [1.54, 1.807) is 4.90 Å². The zero-order chi connectivity index (χ0) is 16.4. The van der Waals surface area contributed by atoms with Crippen LogP contribution in [0.15, 0.2) is 0 Å². The van der Waals surface area contributed by atoms with Gasteiger partial charge in [0, 0.05) is 39.3 Å². The minimum absolute atomic E-state index is 0.149. The van der Waals surface area contributed by atoms with E-state index in [1.165, 1.54) is 0 Å². The third-order valence-electron chi connectivity index (χ3n) is 5.17. The molecule has 8 heteroatoms. The van der Waals surface area contributed by atoms with Crippen LogP contribution in [0.2, 0.25) is 0 Å². The molecule has 8 nitrogen and oxygen atoms in total. The molecule has 3 fully saturated rings. The van der Waals surface area contributed by atoms with Crippen molar-refractivity contribution < 1.29 is 14.4 Å². The fraction of sp³-hybridized carbons (Fsp3) is 0.800. The van der Waals surface area contributed by atoms with Gasteiger partial charge in [0.2, 0.25) is 5.91 Å². The highest BCUT2D eigenvalue weighted by Gasteiger charge is 2.52. The van der Waals surface area contributed by atoms with Gasteiger partial charge in [-0.25, -0.2) is 4.79 Å². The fourth-order valence-corrected chi connectivity index (χ4v) is 3.56. The minimum Gasteiger partial charge on any atom is -0.339 e. The Morgan fingerprint density at radius 3 is 2.39 bits per heavy atom. The number of urea groups is 1. The maximum Gasteiger partial charge on any atom is 0.325 e. The highest BCUT2D eigenvalue weighted by atomic mass is 16.2. The standard InChI is InChI=1S/C15H25N5O3/c1-2-18-7-3-15(4-8-18)13(22)20(14(23)17-15)11-12(21)19-9-5-16-6-10-19/h16H,2-11H2,1H3,(H,17,23). The number of nitrogens with zero attached hydrogens (tertiary/aromatic N) is 3. The van der Waals surface area contributed by atoms with Gasteiger partial charge in [-0.1, -0.05) is 6.92 Å². The molecule has 3 rings (SSSR count). The topological polar surface area (TPSA) is 85.0 Å². The maximum atomic E-state index is 12.7. The van der Waals surface area contributed by atoms with Crippen LogP contribution in [0.1, 0.15) is 19.8 Å². The molecule has 0 bridgehead atoms. The van der Waals surface area contributed by atoms with Crippen molar-refractivity contribution in [3.8, 4) is 0 Å². The molecule has 2 N–H and O–H groups in total. The van der Waals surface area contributed by atoms with Gasteiger partial charge in [-0.05, 0) is 19.4 Å². The predicted octanol–water partition coefficient (Wildman–Crippen LogP) is -1.18. The van der Waals surface area contributed by atoms with Crippen molar-refractivity contribution in [2.45, 2.75) is 25.3 Å². The number of hydrogen-bond acceptors (Lipinski definition) is 5. The SMILES string of the molecule is CCN1CCC2(CC1)NC(=O)N(CC(=O)N1CCNCC1)C2=O. The zero-order valence-electron chi connectivity index (χ0n) is 13.6. The van der Waals surface area contributed by atoms with E-state index in [0.29, 0.717) is 25.9 Å². The Morgan fingerprint density at radius 1 is 1.13 bits per heavy atom. The van der Waals surface area contributed by atoms with Crippen LogP contribution >= 0.6 is 0 Å². The fourth-order valence-electron chi connectivity index (χ4n) is 3.56. The molecule has 0 unspecified atom stereocenters. The van der Waals surface area contributed by atoms with E-state index in [0.717, 1.165) is 37.6 Å². The quantitative estimate of drug-likeness (QED) is 0.639. The van der Waals surface area contributed by atoms with Gasteiger partial charge in [0.1, 0.15) is 12.1 Å². The van der Waals surface area contributed by atoms with Crippen LogP contribution < -0.4 is 10.6 Å². The minimum atomic E-state index is -0.799. The maximum absolute atomic E-state index is 12.7. The lowest BCUT2D eigenvalue weighted by atomic mass is 9.87. The Balaban J connectivity index is 1.63. The number of hydrogen-bond donors (Lipinski definition) is 2. The number of piperidine rings is 1. The van der Waals surface area contributed by atoms with Gasteiger partial charge < -0.3 is 20.4 Å². The van der Waals surface area contributed by atoms with Crippen molar-refractivity contribution in [2.24, 2.45) is 0 Å². The number of rotatable bonds is 3. The average Bonchev–Trinajstić information content (AvgIpc) is 2.81. The predicted molar refractivity (Wildman–Crippen MR) is 83.8 cm³/mol. The number of nitrogens with one attached hydrogen (secondary N) is 2. The van der Waals surface area contributed by atoms with Gasteiger partial charge in [0.15, 0.2) is 0 Å². The van der Waals surface area contributed by atoms with Crippen LogP contribution in [0.5, 0.6) is 0 Å². The van der Waals surface area contributed by atoms with Gasteiger partial charge in [-0.3, -0.25) is 14.5 Å². The van der Waals surface area contributed by atoms with Crippen LogP contribution in [-0.4, -0.2) is 90.4 Å². The molecule has 0 aromatic carbocycles. The summed E-state index contributed by atoms with van der Waals surface area (Å²) in [5.74, 6) is -0.389. The zero-order valence-corrected chi connectivity index (χ0v) is 13.6. The van der Waals surface area contributed by atoms with Gasteiger partial charge in [-0.2, -0.15) is 0 Å².